The van der Waals surface area contributed by atoms with E-state index in [9.17, 15) is 4.79 Å². The fraction of sp³-hybridized carbons (Fsp3) is 0.250. The van der Waals surface area contributed by atoms with E-state index in [1.165, 1.54) is 0 Å². The number of nitrogens with one attached hydrogen (secondary N) is 1. The number of aromatic nitrogens is 1. The van der Waals surface area contributed by atoms with Crippen molar-refractivity contribution in [3.63, 3.8) is 0 Å². The van der Waals surface area contributed by atoms with Crippen LogP contribution in [0.25, 0.3) is 6.08 Å². The van der Waals surface area contributed by atoms with Crippen molar-refractivity contribution in [3.8, 4) is 6.07 Å². The number of amides is 1. The number of hydrogen-bond donors (Lipinski definition) is 1. The molecule has 1 aromatic heterocycles. The van der Waals surface area contributed by atoms with E-state index in [0.717, 1.165) is 18.4 Å². The number of carbonyl (C=O) groups excluding carboxylic acids is 1. The first kappa shape index (κ1) is 10.4. The topological polar surface area (TPSA) is 65.8 Å². The summed E-state index contributed by atoms with van der Waals surface area (Å²) in [5, 5.41) is 11.7. The van der Waals surface area contributed by atoms with Crippen molar-refractivity contribution in [1.29, 1.82) is 5.26 Å². The van der Waals surface area contributed by atoms with E-state index in [0.29, 0.717) is 0 Å². The molecule has 1 fully saturated rings. The first-order chi connectivity index (χ1) is 7.79. The average molecular weight is 213 g/mol. The predicted molar refractivity (Wildman–Crippen MR) is 59.0 cm³/mol. The summed E-state index contributed by atoms with van der Waals surface area (Å²) in [6.45, 7) is 0. The maximum Gasteiger partial charge on any atom is 0.262 e. The van der Waals surface area contributed by atoms with E-state index in [-0.39, 0.29) is 17.5 Å². The fourth-order valence-electron chi connectivity index (χ4n) is 1.27. The molecule has 0 radical (unpaired) electrons. The fourth-order valence-corrected chi connectivity index (χ4v) is 1.27. The molecule has 0 bridgehead atoms. The molecule has 0 saturated heterocycles. The van der Waals surface area contributed by atoms with Gasteiger partial charge in [-0.1, -0.05) is 0 Å². The van der Waals surface area contributed by atoms with E-state index >= 15 is 0 Å². The predicted octanol–water partition coefficient (Wildman–Crippen LogP) is 1.27. The SMILES string of the molecule is N#C/C(=C/c1ccncc1)C(=O)NC1CC1. The van der Waals surface area contributed by atoms with Crippen molar-refractivity contribution in [2.24, 2.45) is 0 Å². The molecule has 0 atom stereocenters. The summed E-state index contributed by atoms with van der Waals surface area (Å²) in [6.07, 6.45) is 6.85. The molecular weight excluding hydrogens is 202 g/mol. The van der Waals surface area contributed by atoms with Gasteiger partial charge in [0.25, 0.3) is 5.91 Å². The van der Waals surface area contributed by atoms with Crippen LogP contribution in [0.5, 0.6) is 0 Å². The Kier molecular flexibility index (Phi) is 2.97. The van der Waals surface area contributed by atoms with E-state index in [1.807, 2.05) is 6.07 Å². The maximum absolute atomic E-state index is 11.6. The van der Waals surface area contributed by atoms with Crippen LogP contribution in [0.3, 0.4) is 0 Å². The Bertz CT molecular complexity index is 455. The third-order valence-electron chi connectivity index (χ3n) is 2.29. The van der Waals surface area contributed by atoms with Crippen molar-refractivity contribution in [2.75, 3.05) is 0 Å². The van der Waals surface area contributed by atoms with Crippen molar-refractivity contribution in [3.05, 3.63) is 35.7 Å². The summed E-state index contributed by atoms with van der Waals surface area (Å²) in [7, 11) is 0. The van der Waals surface area contributed by atoms with Gasteiger partial charge in [0.1, 0.15) is 11.6 Å². The smallest absolute Gasteiger partial charge is 0.262 e. The van der Waals surface area contributed by atoms with Gasteiger partial charge in [-0.25, -0.2) is 0 Å². The highest BCUT2D eigenvalue weighted by atomic mass is 16.1. The van der Waals surface area contributed by atoms with Gasteiger partial charge in [0.15, 0.2) is 0 Å². The number of hydrogen-bond acceptors (Lipinski definition) is 3. The van der Waals surface area contributed by atoms with Crippen molar-refractivity contribution in [1.82, 2.24) is 10.3 Å². The highest BCUT2D eigenvalue weighted by Crippen LogP contribution is 2.19. The monoisotopic (exact) mass is 213 g/mol. The lowest BCUT2D eigenvalue weighted by atomic mass is 10.1. The molecule has 1 aliphatic rings. The van der Waals surface area contributed by atoms with Crippen LogP contribution in [0.1, 0.15) is 18.4 Å². The molecule has 1 aromatic rings. The largest absolute Gasteiger partial charge is 0.349 e. The number of pyridine rings is 1. The number of nitrogens with zero attached hydrogens (tertiary/aromatic N) is 2. The summed E-state index contributed by atoms with van der Waals surface area (Å²) >= 11 is 0. The molecule has 1 aliphatic carbocycles. The third kappa shape index (κ3) is 2.67. The van der Waals surface area contributed by atoms with Gasteiger partial charge < -0.3 is 5.32 Å². The van der Waals surface area contributed by atoms with Crippen LogP contribution in [-0.2, 0) is 4.79 Å². The molecule has 2 rings (SSSR count). The molecule has 16 heavy (non-hydrogen) atoms. The molecule has 1 amide bonds. The van der Waals surface area contributed by atoms with Gasteiger partial charge in [-0.3, -0.25) is 9.78 Å². The van der Waals surface area contributed by atoms with Crippen LogP contribution < -0.4 is 5.32 Å². The third-order valence-corrected chi connectivity index (χ3v) is 2.29. The van der Waals surface area contributed by atoms with Gasteiger partial charge in [-0.15, -0.1) is 0 Å². The maximum atomic E-state index is 11.6. The molecule has 4 nitrogen and oxygen atoms in total. The zero-order valence-electron chi connectivity index (χ0n) is 8.68. The summed E-state index contributed by atoms with van der Waals surface area (Å²) in [4.78, 5) is 15.5. The minimum Gasteiger partial charge on any atom is -0.349 e. The van der Waals surface area contributed by atoms with Gasteiger partial charge in [-0.05, 0) is 36.6 Å². The van der Waals surface area contributed by atoms with E-state index in [1.54, 1.807) is 30.6 Å². The van der Waals surface area contributed by atoms with Crippen LogP contribution in [0.15, 0.2) is 30.1 Å². The Labute approximate surface area is 93.6 Å². The van der Waals surface area contributed by atoms with Gasteiger partial charge in [0.05, 0.1) is 0 Å². The lowest BCUT2D eigenvalue weighted by molar-refractivity contribution is -0.117. The van der Waals surface area contributed by atoms with Crippen LogP contribution in [0.2, 0.25) is 0 Å². The summed E-state index contributed by atoms with van der Waals surface area (Å²) < 4.78 is 0. The standard InChI is InChI=1S/C12H11N3O/c13-8-10(12(16)15-11-1-2-11)7-9-3-5-14-6-4-9/h3-7,11H,1-2H2,(H,15,16)/b10-7-. The highest BCUT2D eigenvalue weighted by molar-refractivity contribution is 6.01. The first-order valence-corrected chi connectivity index (χ1v) is 5.12. The number of carbonyl (C=O) groups is 1. The molecule has 80 valence electrons. The molecule has 0 aromatic carbocycles. The molecule has 1 N–H and O–H groups in total. The summed E-state index contributed by atoms with van der Waals surface area (Å²) in [5.41, 5.74) is 0.940. The Hall–Kier alpha value is -2.15. The molecule has 0 unspecified atom stereocenters. The van der Waals surface area contributed by atoms with Crippen LogP contribution in [0.4, 0.5) is 0 Å². The van der Waals surface area contributed by atoms with Crippen LogP contribution >= 0.6 is 0 Å². The van der Waals surface area contributed by atoms with Gasteiger partial charge in [-0.2, -0.15) is 5.26 Å². The minimum atomic E-state index is -0.290. The summed E-state index contributed by atoms with van der Waals surface area (Å²) in [6, 6.07) is 5.68. The second kappa shape index (κ2) is 4.58. The van der Waals surface area contributed by atoms with Crippen molar-refractivity contribution < 1.29 is 4.79 Å². The van der Waals surface area contributed by atoms with Gasteiger partial charge >= 0.3 is 0 Å². The van der Waals surface area contributed by atoms with Crippen LogP contribution in [0, 0.1) is 11.3 Å². The molecule has 0 aliphatic heterocycles. The number of nitriles is 1. The Balaban J connectivity index is 2.12. The number of rotatable bonds is 3. The molecule has 1 heterocycles. The van der Waals surface area contributed by atoms with E-state index < -0.39 is 0 Å². The zero-order valence-corrected chi connectivity index (χ0v) is 8.68. The minimum absolute atomic E-state index is 0.137. The lowest BCUT2D eigenvalue weighted by Gasteiger charge is -2.00. The first-order valence-electron chi connectivity index (χ1n) is 5.12. The average Bonchev–Trinajstić information content (AvgIpc) is 3.11. The Morgan fingerprint density at radius 1 is 1.50 bits per heavy atom. The van der Waals surface area contributed by atoms with Crippen LogP contribution in [-0.4, -0.2) is 16.9 Å². The second-order valence-corrected chi connectivity index (χ2v) is 3.70. The van der Waals surface area contributed by atoms with Gasteiger partial charge in [0, 0.05) is 18.4 Å². The zero-order chi connectivity index (χ0) is 11.4. The molecule has 1 saturated carbocycles. The molecular formula is C12H11N3O. The van der Waals surface area contributed by atoms with Crippen molar-refractivity contribution >= 4 is 12.0 Å². The lowest BCUT2D eigenvalue weighted by Crippen LogP contribution is -2.26. The molecule has 4 heteroatoms. The quantitative estimate of drug-likeness (QED) is 0.607. The van der Waals surface area contributed by atoms with E-state index in [2.05, 4.69) is 10.3 Å². The molecule has 0 spiro atoms. The van der Waals surface area contributed by atoms with E-state index in [4.69, 9.17) is 5.26 Å². The second-order valence-electron chi connectivity index (χ2n) is 3.70. The van der Waals surface area contributed by atoms with Gasteiger partial charge in [0.2, 0.25) is 0 Å². The van der Waals surface area contributed by atoms with Crippen molar-refractivity contribution in [2.45, 2.75) is 18.9 Å². The summed E-state index contributed by atoms with van der Waals surface area (Å²) in [5.74, 6) is -0.290. The highest BCUT2D eigenvalue weighted by Gasteiger charge is 2.24. The normalized spacial score (nSPS) is 15.3. The Morgan fingerprint density at radius 3 is 2.75 bits per heavy atom. The Morgan fingerprint density at radius 2 is 2.19 bits per heavy atom.